The van der Waals surface area contributed by atoms with Gasteiger partial charge in [-0.05, 0) is 12.1 Å². The Morgan fingerprint density at radius 2 is 2.06 bits per heavy atom. The van der Waals surface area contributed by atoms with Gasteiger partial charge in [-0.15, -0.1) is 0 Å². The quantitative estimate of drug-likeness (QED) is 0.739. The van der Waals surface area contributed by atoms with Gasteiger partial charge in [0.05, 0.1) is 11.8 Å². The first-order chi connectivity index (χ1) is 7.54. The van der Waals surface area contributed by atoms with Gasteiger partial charge >= 0.3 is 6.18 Å². The molecule has 1 aromatic heterocycles. The number of alkyl halides is 3. The summed E-state index contributed by atoms with van der Waals surface area (Å²) < 4.78 is 43.0. The fraction of sp³-hybridized carbons (Fsp3) is 0.182. The number of hydrogen-bond donors (Lipinski definition) is 0. The molecule has 0 aliphatic carbocycles. The first-order valence-electron chi connectivity index (χ1n) is 4.54. The lowest BCUT2D eigenvalue weighted by molar-refractivity contribution is -0.136. The number of hydrogen-bond acceptors (Lipinski definition) is 2. The minimum atomic E-state index is -4.44. The van der Waals surface area contributed by atoms with Crippen molar-refractivity contribution in [3.05, 3.63) is 35.6 Å². The van der Waals surface area contributed by atoms with Gasteiger partial charge in [-0.3, -0.25) is 0 Å². The van der Waals surface area contributed by atoms with Crippen molar-refractivity contribution in [1.82, 2.24) is 0 Å². The van der Waals surface area contributed by atoms with Crippen LogP contribution in [-0.4, -0.2) is 6.29 Å². The van der Waals surface area contributed by atoms with E-state index in [-0.39, 0.29) is 23.0 Å². The van der Waals surface area contributed by atoms with Gasteiger partial charge in [0.1, 0.15) is 11.9 Å². The fourth-order valence-corrected chi connectivity index (χ4v) is 1.63. The number of benzene rings is 1. The first kappa shape index (κ1) is 10.7. The number of halogens is 3. The van der Waals surface area contributed by atoms with E-state index in [0.717, 1.165) is 6.07 Å². The predicted molar refractivity (Wildman–Crippen MR) is 51.0 cm³/mol. The Morgan fingerprint density at radius 3 is 2.69 bits per heavy atom. The third kappa shape index (κ3) is 1.68. The molecule has 0 saturated carbocycles. The molecular formula is C11H7F3O2. The molecule has 2 nitrogen and oxygen atoms in total. The van der Waals surface area contributed by atoms with E-state index in [9.17, 15) is 18.0 Å². The van der Waals surface area contributed by atoms with Gasteiger partial charge in [-0.1, -0.05) is 6.07 Å². The van der Waals surface area contributed by atoms with Crippen molar-refractivity contribution < 1.29 is 22.4 Å². The Kier molecular flexibility index (Phi) is 2.46. The summed E-state index contributed by atoms with van der Waals surface area (Å²) in [6, 6.07) is 3.70. The normalized spacial score (nSPS) is 11.9. The van der Waals surface area contributed by atoms with Gasteiger partial charge in [0.2, 0.25) is 0 Å². The van der Waals surface area contributed by atoms with Crippen LogP contribution in [0.1, 0.15) is 11.1 Å². The molecule has 1 heterocycles. The summed E-state index contributed by atoms with van der Waals surface area (Å²) in [5, 5.41) is -0.0258. The molecule has 0 atom stereocenters. The largest absolute Gasteiger partial charge is 0.464 e. The fourth-order valence-electron chi connectivity index (χ4n) is 1.63. The van der Waals surface area contributed by atoms with Crippen molar-refractivity contribution in [2.45, 2.75) is 12.6 Å². The second-order valence-corrected chi connectivity index (χ2v) is 3.31. The molecule has 2 aromatic rings. The molecule has 2 rings (SSSR count). The Balaban J connectivity index is 2.73. The Hall–Kier alpha value is -1.78. The maximum atomic E-state index is 12.7. The SMILES string of the molecule is O=CCc1coc2cccc(C(F)(F)F)c12. The standard InChI is InChI=1S/C11H7F3O2/c12-11(13,14)8-2-1-3-9-10(8)7(4-5-15)6-16-9/h1-3,5-6H,4H2. The minimum Gasteiger partial charge on any atom is -0.464 e. The zero-order chi connectivity index (χ0) is 11.8. The van der Waals surface area contributed by atoms with Gasteiger partial charge in [-0.2, -0.15) is 13.2 Å². The third-order valence-electron chi connectivity index (χ3n) is 2.28. The maximum Gasteiger partial charge on any atom is 0.417 e. The molecule has 0 fully saturated rings. The highest BCUT2D eigenvalue weighted by molar-refractivity contribution is 5.87. The molecule has 84 valence electrons. The lowest BCUT2D eigenvalue weighted by Gasteiger charge is -2.08. The number of fused-ring (bicyclic) bond motifs is 1. The number of furan rings is 1. The molecule has 0 N–H and O–H groups in total. The topological polar surface area (TPSA) is 30.2 Å². The van der Waals surface area contributed by atoms with Crippen molar-refractivity contribution in [3.63, 3.8) is 0 Å². The van der Waals surface area contributed by atoms with Crippen LogP contribution >= 0.6 is 0 Å². The molecule has 0 radical (unpaired) electrons. The van der Waals surface area contributed by atoms with Crippen LogP contribution in [0.2, 0.25) is 0 Å². The van der Waals surface area contributed by atoms with E-state index in [1.807, 2.05) is 0 Å². The molecule has 0 bridgehead atoms. The van der Waals surface area contributed by atoms with Crippen LogP contribution < -0.4 is 0 Å². The summed E-state index contributed by atoms with van der Waals surface area (Å²) in [5.41, 5.74) is -0.361. The summed E-state index contributed by atoms with van der Waals surface area (Å²) in [6.45, 7) is 0. The molecule has 0 aliphatic heterocycles. The molecule has 1 aromatic carbocycles. The Morgan fingerprint density at radius 1 is 1.31 bits per heavy atom. The van der Waals surface area contributed by atoms with E-state index in [0.29, 0.717) is 6.29 Å². The highest BCUT2D eigenvalue weighted by Crippen LogP contribution is 2.37. The summed E-state index contributed by atoms with van der Waals surface area (Å²) in [6.07, 6.45) is -2.78. The third-order valence-corrected chi connectivity index (χ3v) is 2.28. The van der Waals surface area contributed by atoms with Gasteiger partial charge < -0.3 is 9.21 Å². The Labute approximate surface area is 88.7 Å². The minimum absolute atomic E-state index is 0.0258. The highest BCUT2D eigenvalue weighted by atomic mass is 19.4. The van der Waals surface area contributed by atoms with Crippen molar-refractivity contribution in [1.29, 1.82) is 0 Å². The lowest BCUT2D eigenvalue weighted by Crippen LogP contribution is -2.05. The zero-order valence-corrected chi connectivity index (χ0v) is 8.04. The van der Waals surface area contributed by atoms with E-state index in [1.165, 1.54) is 18.4 Å². The predicted octanol–water partition coefficient (Wildman–Crippen LogP) is 3.19. The van der Waals surface area contributed by atoms with Gasteiger partial charge in [0, 0.05) is 17.4 Å². The van der Waals surface area contributed by atoms with Crippen molar-refractivity contribution in [3.8, 4) is 0 Å². The summed E-state index contributed by atoms with van der Waals surface area (Å²) >= 11 is 0. The molecule has 16 heavy (non-hydrogen) atoms. The highest BCUT2D eigenvalue weighted by Gasteiger charge is 2.33. The van der Waals surface area contributed by atoms with Crippen LogP contribution in [-0.2, 0) is 17.4 Å². The van der Waals surface area contributed by atoms with Crippen LogP contribution in [0.15, 0.2) is 28.9 Å². The average molecular weight is 228 g/mol. The summed E-state index contributed by atoms with van der Waals surface area (Å²) in [5.74, 6) is 0. The molecule has 0 saturated heterocycles. The number of carbonyl (C=O) groups excluding carboxylic acids is 1. The molecule has 0 amide bonds. The second-order valence-electron chi connectivity index (χ2n) is 3.31. The second kappa shape index (κ2) is 3.66. The molecule has 5 heteroatoms. The Bertz CT molecular complexity index is 525. The van der Waals surface area contributed by atoms with Crippen molar-refractivity contribution in [2.24, 2.45) is 0 Å². The van der Waals surface area contributed by atoms with Gasteiger partial charge in [-0.25, -0.2) is 0 Å². The summed E-state index contributed by atoms with van der Waals surface area (Å²) in [7, 11) is 0. The van der Waals surface area contributed by atoms with Gasteiger partial charge in [0.25, 0.3) is 0 Å². The van der Waals surface area contributed by atoms with E-state index in [1.54, 1.807) is 0 Å². The maximum absolute atomic E-state index is 12.7. The molecule has 0 spiro atoms. The van der Waals surface area contributed by atoms with Gasteiger partial charge in [0.15, 0.2) is 0 Å². The zero-order valence-electron chi connectivity index (χ0n) is 8.04. The molecular weight excluding hydrogens is 221 g/mol. The van der Waals surface area contributed by atoms with E-state index in [4.69, 9.17) is 4.42 Å². The van der Waals surface area contributed by atoms with Crippen LogP contribution in [0.4, 0.5) is 13.2 Å². The van der Waals surface area contributed by atoms with Crippen molar-refractivity contribution in [2.75, 3.05) is 0 Å². The molecule has 0 aliphatic rings. The van der Waals surface area contributed by atoms with Crippen molar-refractivity contribution >= 4 is 17.3 Å². The van der Waals surface area contributed by atoms with Crippen LogP contribution in [0.5, 0.6) is 0 Å². The first-order valence-corrected chi connectivity index (χ1v) is 4.54. The van der Waals surface area contributed by atoms with Crippen LogP contribution in [0.3, 0.4) is 0 Å². The number of aldehydes is 1. The monoisotopic (exact) mass is 228 g/mol. The number of rotatable bonds is 2. The molecule has 0 unspecified atom stereocenters. The van der Waals surface area contributed by atoms with Crippen LogP contribution in [0.25, 0.3) is 11.0 Å². The summed E-state index contributed by atoms with van der Waals surface area (Å²) in [4.78, 5) is 10.4. The van der Waals surface area contributed by atoms with E-state index < -0.39 is 11.7 Å². The number of carbonyl (C=O) groups is 1. The van der Waals surface area contributed by atoms with E-state index >= 15 is 0 Å². The average Bonchev–Trinajstić information content (AvgIpc) is 2.61. The smallest absolute Gasteiger partial charge is 0.417 e. The lowest BCUT2D eigenvalue weighted by atomic mass is 10.0. The van der Waals surface area contributed by atoms with Crippen LogP contribution in [0, 0.1) is 0 Å². The van der Waals surface area contributed by atoms with E-state index in [2.05, 4.69) is 0 Å².